The summed E-state index contributed by atoms with van der Waals surface area (Å²) < 4.78 is 43.4. The van der Waals surface area contributed by atoms with Gasteiger partial charge in [0, 0.05) is 44.5 Å². The van der Waals surface area contributed by atoms with E-state index in [4.69, 9.17) is 4.74 Å². The van der Waals surface area contributed by atoms with Crippen LogP contribution in [0.1, 0.15) is 35.8 Å². The number of quaternary nitrogens is 1. The quantitative estimate of drug-likeness (QED) is 0.509. The van der Waals surface area contributed by atoms with E-state index < -0.39 is 12.8 Å². The number of fused-ring (bicyclic) bond motifs is 5. The first-order valence-corrected chi connectivity index (χ1v) is 11.8. The van der Waals surface area contributed by atoms with Crippen molar-refractivity contribution in [3.8, 4) is 5.88 Å². The van der Waals surface area contributed by atoms with Gasteiger partial charge < -0.3 is 19.9 Å². The van der Waals surface area contributed by atoms with Crippen molar-refractivity contribution in [2.75, 3.05) is 50.6 Å². The molecule has 188 valence electrons. The molecular weight excluding hydrogens is 461 g/mol. The highest BCUT2D eigenvalue weighted by molar-refractivity contribution is 5.97. The predicted molar refractivity (Wildman–Crippen MR) is 124 cm³/mol. The van der Waals surface area contributed by atoms with E-state index >= 15 is 0 Å². The lowest BCUT2D eigenvalue weighted by atomic mass is 10.1. The van der Waals surface area contributed by atoms with E-state index in [9.17, 15) is 18.0 Å². The number of ether oxygens (including phenoxy) is 1. The molecule has 2 saturated heterocycles. The number of nitrogens with one attached hydrogen (secondary N) is 1. The SMILES string of the molecule is CNc1cc(C(C)[N+]23C(=O)c4ccc(OCC(F)(F)F)nc4N4CCN(C)CC4C2C3C)ccn1. The molecule has 5 heterocycles. The van der Waals surface area contributed by atoms with Gasteiger partial charge >= 0.3 is 12.1 Å². The first-order valence-electron chi connectivity index (χ1n) is 11.8. The highest BCUT2D eigenvalue weighted by atomic mass is 19.4. The molecule has 2 aromatic heterocycles. The minimum atomic E-state index is -4.47. The standard InChI is InChI=1S/C24H30F3N6O2/c1-14(16-7-8-29-19(11-16)28-3)33-15(2)21(33)18-12-31(4)9-10-32(18)22-17(23(33)34)5-6-20(30-22)35-13-24(25,26)27/h5-8,11,14-15,18,21H,9-10,12-13H2,1-4H3,(H,28,29)/q+1. The van der Waals surface area contributed by atoms with E-state index in [1.807, 2.05) is 12.1 Å². The second-order valence-corrected chi connectivity index (χ2v) is 9.72. The number of likely N-dealkylation sites (N-methyl/N-ethyl adjacent to an activating group) is 1. The minimum absolute atomic E-state index is 0.00706. The number of piperazine rings is 1. The monoisotopic (exact) mass is 491 g/mol. The molecule has 35 heavy (non-hydrogen) atoms. The zero-order valence-electron chi connectivity index (χ0n) is 20.2. The molecule has 0 spiro atoms. The van der Waals surface area contributed by atoms with E-state index in [-0.39, 0.29) is 40.4 Å². The summed E-state index contributed by atoms with van der Waals surface area (Å²) in [5.41, 5.74) is 1.44. The molecule has 8 nitrogen and oxygen atoms in total. The maximum atomic E-state index is 14.3. The summed E-state index contributed by atoms with van der Waals surface area (Å²) in [5.74, 6) is 0.966. The molecule has 5 rings (SSSR count). The molecule has 2 aromatic rings. The van der Waals surface area contributed by atoms with Gasteiger partial charge in [-0.2, -0.15) is 18.2 Å². The molecule has 3 aliphatic rings. The fourth-order valence-corrected chi connectivity index (χ4v) is 6.12. The van der Waals surface area contributed by atoms with Crippen molar-refractivity contribution >= 4 is 17.5 Å². The van der Waals surface area contributed by atoms with Crippen LogP contribution in [0, 0.1) is 0 Å². The average molecular weight is 492 g/mol. The zero-order chi connectivity index (χ0) is 25.1. The van der Waals surface area contributed by atoms with Gasteiger partial charge in [-0.25, -0.2) is 14.3 Å². The van der Waals surface area contributed by atoms with Gasteiger partial charge in [-0.1, -0.05) is 0 Å². The molecule has 5 atom stereocenters. The number of anilines is 2. The Labute approximate surface area is 202 Å². The van der Waals surface area contributed by atoms with Crippen LogP contribution in [0.2, 0.25) is 0 Å². The van der Waals surface area contributed by atoms with Crippen LogP contribution in [-0.4, -0.2) is 89.9 Å². The topological polar surface area (TPSA) is 70.6 Å². The number of alkyl halides is 3. The van der Waals surface area contributed by atoms with Crippen molar-refractivity contribution in [3.05, 3.63) is 41.6 Å². The third kappa shape index (κ3) is 3.81. The van der Waals surface area contributed by atoms with Crippen molar-refractivity contribution in [2.45, 2.75) is 44.2 Å². The maximum absolute atomic E-state index is 14.3. The normalized spacial score (nSPS) is 28.9. The predicted octanol–water partition coefficient (Wildman–Crippen LogP) is 3.08. The Morgan fingerprint density at radius 2 is 2.06 bits per heavy atom. The molecule has 0 bridgehead atoms. The fraction of sp³-hybridized carbons (Fsp3) is 0.542. The third-order valence-corrected chi connectivity index (χ3v) is 7.84. The van der Waals surface area contributed by atoms with Crippen LogP contribution in [-0.2, 0) is 0 Å². The van der Waals surface area contributed by atoms with Crippen molar-refractivity contribution in [2.24, 2.45) is 0 Å². The van der Waals surface area contributed by atoms with Crippen molar-refractivity contribution in [1.29, 1.82) is 0 Å². The minimum Gasteiger partial charge on any atom is -0.468 e. The molecule has 2 fully saturated rings. The summed E-state index contributed by atoms with van der Waals surface area (Å²) in [6.45, 7) is 4.90. The highest BCUT2D eigenvalue weighted by Gasteiger charge is 2.76. The number of amides is 1. The van der Waals surface area contributed by atoms with E-state index in [2.05, 4.69) is 46.0 Å². The zero-order valence-corrected chi connectivity index (χ0v) is 20.2. The van der Waals surface area contributed by atoms with Crippen molar-refractivity contribution in [3.63, 3.8) is 0 Å². The van der Waals surface area contributed by atoms with E-state index in [1.165, 1.54) is 6.07 Å². The largest absolute Gasteiger partial charge is 0.468 e. The highest BCUT2D eigenvalue weighted by Crippen LogP contribution is 2.56. The fourth-order valence-electron chi connectivity index (χ4n) is 6.12. The Morgan fingerprint density at radius 3 is 2.77 bits per heavy atom. The van der Waals surface area contributed by atoms with E-state index in [1.54, 1.807) is 19.3 Å². The van der Waals surface area contributed by atoms with Crippen LogP contribution in [0.15, 0.2) is 30.5 Å². The molecule has 0 aliphatic carbocycles. The van der Waals surface area contributed by atoms with Crippen molar-refractivity contribution in [1.82, 2.24) is 14.9 Å². The number of hydrogen-bond donors (Lipinski definition) is 1. The number of halogens is 3. The molecule has 1 amide bonds. The average Bonchev–Trinajstić information content (AvgIpc) is 3.48. The summed E-state index contributed by atoms with van der Waals surface area (Å²) >= 11 is 0. The van der Waals surface area contributed by atoms with Crippen LogP contribution in [0.3, 0.4) is 0 Å². The lowest BCUT2D eigenvalue weighted by Gasteiger charge is -2.39. The number of rotatable bonds is 5. The van der Waals surface area contributed by atoms with Gasteiger partial charge in [0.25, 0.3) is 0 Å². The summed E-state index contributed by atoms with van der Waals surface area (Å²) in [4.78, 5) is 27.4. The Bertz CT molecular complexity index is 1140. The second-order valence-electron chi connectivity index (χ2n) is 9.72. The Morgan fingerprint density at radius 1 is 1.29 bits per heavy atom. The van der Waals surface area contributed by atoms with Gasteiger partial charge in [0.1, 0.15) is 35.3 Å². The van der Waals surface area contributed by atoms with Crippen molar-refractivity contribution < 1.29 is 27.2 Å². The lowest BCUT2D eigenvalue weighted by Crippen LogP contribution is -2.56. The number of aromatic nitrogens is 2. The van der Waals surface area contributed by atoms with Gasteiger partial charge in [0.2, 0.25) is 5.88 Å². The molecule has 5 unspecified atom stereocenters. The molecule has 0 aromatic carbocycles. The summed E-state index contributed by atoms with van der Waals surface area (Å²) in [6.07, 6.45) is -2.73. The van der Waals surface area contributed by atoms with Crippen LogP contribution >= 0.6 is 0 Å². The van der Waals surface area contributed by atoms with Gasteiger partial charge in [-0.3, -0.25) is 0 Å². The Hall–Kier alpha value is -2.92. The van der Waals surface area contributed by atoms with Crippen LogP contribution in [0.5, 0.6) is 5.88 Å². The molecule has 3 aliphatic heterocycles. The number of pyridine rings is 2. The molecule has 1 N–H and O–H groups in total. The number of carbonyl (C=O) groups excluding carboxylic acids is 1. The molecule has 0 saturated carbocycles. The van der Waals surface area contributed by atoms with E-state index in [0.717, 1.165) is 24.5 Å². The second kappa shape index (κ2) is 8.34. The van der Waals surface area contributed by atoms with Gasteiger partial charge in [0.05, 0.1) is 0 Å². The molecule has 11 heteroatoms. The van der Waals surface area contributed by atoms with Gasteiger partial charge in [-0.05, 0) is 39.1 Å². The first-order chi connectivity index (χ1) is 16.6. The number of hydrogen-bond acceptors (Lipinski definition) is 7. The Kier molecular flexibility index (Phi) is 5.67. The third-order valence-electron chi connectivity index (χ3n) is 7.84. The van der Waals surface area contributed by atoms with Crippen LogP contribution in [0.4, 0.5) is 24.8 Å². The smallest absolute Gasteiger partial charge is 0.422 e. The maximum Gasteiger partial charge on any atom is 0.422 e. The number of nitrogens with zero attached hydrogens (tertiary/aromatic N) is 5. The summed E-state index contributed by atoms with van der Waals surface area (Å²) in [5, 5.41) is 3.06. The molecule has 0 radical (unpaired) electrons. The van der Waals surface area contributed by atoms with Gasteiger partial charge in [0.15, 0.2) is 12.6 Å². The number of carbonyl (C=O) groups is 1. The molecular formula is C24H30F3N6O2+. The summed E-state index contributed by atoms with van der Waals surface area (Å²) in [6, 6.07) is 6.82. The lowest BCUT2D eigenvalue weighted by molar-refractivity contribution is -0.774. The first kappa shape index (κ1) is 23.8. The van der Waals surface area contributed by atoms with Crippen LogP contribution < -0.4 is 15.0 Å². The van der Waals surface area contributed by atoms with Gasteiger partial charge in [-0.15, -0.1) is 0 Å². The van der Waals surface area contributed by atoms with E-state index in [0.29, 0.717) is 17.9 Å². The summed E-state index contributed by atoms with van der Waals surface area (Å²) in [7, 11) is 3.86. The van der Waals surface area contributed by atoms with Crippen LogP contribution in [0.25, 0.3) is 0 Å². The Balaban J connectivity index is 1.59.